The summed E-state index contributed by atoms with van der Waals surface area (Å²) in [5.41, 5.74) is 0.623. The van der Waals surface area contributed by atoms with Crippen LogP contribution < -0.4 is 14.0 Å². The Morgan fingerprint density at radius 1 is 0.630 bits per heavy atom. The zero-order valence-electron chi connectivity index (χ0n) is 23.6. The summed E-state index contributed by atoms with van der Waals surface area (Å²) in [6, 6.07) is 12.7. The average Bonchev–Trinajstić information content (AvgIpc) is 2.71. The molecule has 0 aliphatic rings. The fourth-order valence-corrected chi connectivity index (χ4v) is 2.78. The van der Waals surface area contributed by atoms with Crippen LogP contribution in [0, 0.1) is 27.5 Å². The minimum Gasteiger partial charge on any atom is -0.457 e. The summed E-state index contributed by atoms with van der Waals surface area (Å²) in [6.45, 7) is -5.57. The van der Waals surface area contributed by atoms with E-state index < -0.39 is 20.6 Å². The lowest BCUT2D eigenvalue weighted by atomic mass is 10.1. The van der Waals surface area contributed by atoms with Gasteiger partial charge in [-0.25, -0.2) is 0 Å². The van der Waals surface area contributed by atoms with Crippen LogP contribution in [-0.2, 0) is 0 Å². The molecular formula is C23H23O3P. The van der Waals surface area contributed by atoms with E-state index in [0.717, 1.165) is 0 Å². The van der Waals surface area contributed by atoms with Gasteiger partial charge in [0, 0.05) is 24.5 Å². The van der Waals surface area contributed by atoms with Crippen LogP contribution in [0.2, 0.25) is 0 Å². The Morgan fingerprint density at radius 2 is 1.04 bits per heavy atom. The summed E-state index contributed by atoms with van der Waals surface area (Å²) < 4.78 is 86.6. The maximum Gasteiger partial charge on any atom is 0.135 e. The minimum absolute atomic E-state index is 0.0287. The van der Waals surface area contributed by atoms with Crippen molar-refractivity contribution in [1.29, 1.82) is 0 Å². The molecule has 0 aliphatic carbocycles. The third-order valence-electron chi connectivity index (χ3n) is 3.45. The first-order valence-electron chi connectivity index (χ1n) is 12.5. The Balaban J connectivity index is 2.04. The molecule has 4 heteroatoms. The summed E-state index contributed by atoms with van der Waals surface area (Å²) >= 11 is 0. The van der Waals surface area contributed by atoms with Crippen molar-refractivity contribution in [3.8, 4) is 28.7 Å². The molecule has 27 heavy (non-hydrogen) atoms. The van der Waals surface area contributed by atoms with Crippen molar-refractivity contribution in [3.63, 3.8) is 0 Å². The van der Waals surface area contributed by atoms with Crippen LogP contribution in [0.15, 0.2) is 54.6 Å². The van der Waals surface area contributed by atoms with Gasteiger partial charge in [-0.05, 0) is 92.4 Å². The maximum atomic E-state index is 7.83. The smallest absolute Gasteiger partial charge is 0.135 e. The molecule has 0 aliphatic heterocycles. The van der Waals surface area contributed by atoms with Gasteiger partial charge in [-0.15, -0.1) is 0 Å². The lowest BCUT2D eigenvalue weighted by Crippen LogP contribution is -1.91. The van der Waals surface area contributed by atoms with Crippen molar-refractivity contribution in [1.82, 2.24) is 0 Å². The van der Waals surface area contributed by atoms with E-state index in [1.165, 1.54) is 48.5 Å². The van der Waals surface area contributed by atoms with E-state index in [1.54, 1.807) is 13.0 Å². The number of rotatable bonds is 6. The first kappa shape index (κ1) is 10.5. The minimum atomic E-state index is -2.50. The van der Waals surface area contributed by atoms with E-state index >= 15 is 0 Å². The molecule has 0 aromatic heterocycles. The van der Waals surface area contributed by atoms with Crippen molar-refractivity contribution >= 4 is 14.7 Å². The molecule has 0 saturated carbocycles. The molecule has 138 valence electrons. The molecule has 3 nitrogen and oxygen atoms in total. The topological polar surface area (TPSA) is 27.7 Å². The molecule has 0 heterocycles. The molecule has 0 amide bonds. The lowest BCUT2D eigenvalue weighted by Gasteiger charge is -2.12. The van der Waals surface area contributed by atoms with Crippen LogP contribution in [0.1, 0.15) is 34.6 Å². The largest absolute Gasteiger partial charge is 0.457 e. The van der Waals surface area contributed by atoms with Crippen molar-refractivity contribution in [2.75, 3.05) is 0 Å². The highest BCUT2D eigenvalue weighted by Crippen LogP contribution is 2.33. The van der Waals surface area contributed by atoms with E-state index in [9.17, 15) is 0 Å². The van der Waals surface area contributed by atoms with Gasteiger partial charge in [0.1, 0.15) is 37.2 Å². The average molecular weight is 387 g/mol. The van der Waals surface area contributed by atoms with Gasteiger partial charge in [-0.3, -0.25) is 0 Å². The maximum absolute atomic E-state index is 7.83. The molecular weight excluding hydrogens is 355 g/mol. The fraction of sp³-hybridized carbons (Fsp3) is 0.174. The normalized spacial score (nSPS) is 17.0. The Morgan fingerprint density at radius 3 is 1.56 bits per heavy atom. The van der Waals surface area contributed by atoms with Gasteiger partial charge in [0.2, 0.25) is 0 Å². The molecule has 0 atom stereocenters. The molecule has 0 radical (unpaired) electrons. The molecule has 0 spiro atoms. The summed E-state index contributed by atoms with van der Waals surface area (Å²) in [6.07, 6.45) is 3.56. The van der Waals surface area contributed by atoms with Gasteiger partial charge in [0.05, 0.1) is 0 Å². The van der Waals surface area contributed by atoms with E-state index in [-0.39, 0.29) is 45.4 Å². The molecule has 0 N–H and O–H groups in total. The molecule has 3 aromatic rings. The highest BCUT2D eigenvalue weighted by molar-refractivity contribution is 7.31. The van der Waals surface area contributed by atoms with Gasteiger partial charge in [-0.1, -0.05) is 6.07 Å². The number of ether oxygens (including phenoxy) is 2. The number of hydrogen-bond donors (Lipinski definition) is 0. The first-order chi connectivity index (χ1) is 16.5. The molecule has 3 aromatic carbocycles. The molecule has 0 saturated heterocycles. The van der Waals surface area contributed by atoms with Gasteiger partial charge in [0.25, 0.3) is 0 Å². The highest BCUT2D eigenvalue weighted by Gasteiger charge is 2.07. The second-order valence-corrected chi connectivity index (χ2v) is 6.29. The predicted octanol–water partition coefficient (Wildman–Crippen LogP) is 7.18. The van der Waals surface area contributed by atoms with Crippen molar-refractivity contribution in [2.24, 2.45) is 0 Å². The Kier molecular flexibility index (Phi) is 3.23. The highest BCUT2D eigenvalue weighted by atomic mass is 31.1. The van der Waals surface area contributed by atoms with E-state index in [4.69, 9.17) is 26.3 Å². The van der Waals surface area contributed by atoms with Gasteiger partial charge in [-0.2, -0.15) is 0 Å². The SMILES string of the molecule is [2H]C([2H])([2H])c1cc(C)cc(Oc2cc(Oc3cc(OP=C)cc(C([2H])([2H])[2H])c3)cc(C([2H])([2H])[2H])c2)c1. The van der Waals surface area contributed by atoms with Gasteiger partial charge < -0.3 is 14.0 Å². The second-order valence-electron chi connectivity index (χ2n) is 5.85. The van der Waals surface area contributed by atoms with Crippen LogP contribution in [0.25, 0.3) is 0 Å². The van der Waals surface area contributed by atoms with Crippen molar-refractivity contribution in [2.45, 2.75) is 27.5 Å². The van der Waals surface area contributed by atoms with Crippen molar-refractivity contribution < 1.29 is 26.3 Å². The summed E-state index contributed by atoms with van der Waals surface area (Å²) in [7, 11) is 0.300. The second kappa shape index (κ2) is 8.28. The number of aryl methyl sites for hydroxylation is 4. The first-order valence-corrected chi connectivity index (χ1v) is 8.96. The van der Waals surface area contributed by atoms with Crippen LogP contribution in [0.5, 0.6) is 28.7 Å². The summed E-state index contributed by atoms with van der Waals surface area (Å²) in [5.74, 6) is 0.708. The molecule has 0 fully saturated rings. The lowest BCUT2D eigenvalue weighted by molar-refractivity contribution is 0.458. The zero-order chi connectivity index (χ0) is 26.9. The van der Waals surface area contributed by atoms with Crippen LogP contribution in [-0.4, -0.2) is 6.30 Å². The van der Waals surface area contributed by atoms with Gasteiger partial charge >= 0.3 is 0 Å². The van der Waals surface area contributed by atoms with Crippen LogP contribution in [0.4, 0.5) is 0 Å². The van der Waals surface area contributed by atoms with Crippen LogP contribution in [0.3, 0.4) is 0 Å². The fourth-order valence-electron chi connectivity index (χ4n) is 2.53. The quantitative estimate of drug-likeness (QED) is 0.419. The van der Waals surface area contributed by atoms with Gasteiger partial charge in [0.15, 0.2) is 0 Å². The Labute approximate surface area is 175 Å². The Bertz CT molecular complexity index is 1270. The number of hydrogen-bond acceptors (Lipinski definition) is 3. The number of benzene rings is 3. The predicted molar refractivity (Wildman–Crippen MR) is 113 cm³/mol. The van der Waals surface area contributed by atoms with E-state index in [0.29, 0.717) is 14.0 Å². The monoisotopic (exact) mass is 387 g/mol. The van der Waals surface area contributed by atoms with E-state index in [2.05, 4.69) is 6.30 Å². The third kappa shape index (κ3) is 5.35. The third-order valence-corrected chi connectivity index (χ3v) is 3.79. The summed E-state index contributed by atoms with van der Waals surface area (Å²) in [4.78, 5) is 0. The molecule has 0 bridgehead atoms. The molecule has 0 unspecified atom stereocenters. The molecule has 3 rings (SSSR count). The summed E-state index contributed by atoms with van der Waals surface area (Å²) in [5, 5.41) is 0. The standard InChI is InChI=1S/C23H23O3P/c1-15-6-16(2)8-19(7-15)24-20-9-17(3)10-21(13-20)25-22-11-18(4)12-23(14-22)26-27-5/h6-14H,5H2,1-4H3/i1D3,3D3,4D3. The van der Waals surface area contributed by atoms with E-state index in [1.807, 2.05) is 0 Å². The zero-order valence-corrected chi connectivity index (χ0v) is 15.5. The van der Waals surface area contributed by atoms with Crippen LogP contribution >= 0.6 is 8.43 Å². The van der Waals surface area contributed by atoms with Crippen molar-refractivity contribution in [3.05, 3.63) is 76.9 Å². The Hall–Kier alpha value is -2.77.